The molecule has 0 aliphatic heterocycles. The summed E-state index contributed by atoms with van der Waals surface area (Å²) in [5.41, 5.74) is 5.75. The number of rotatable bonds is 8. The van der Waals surface area contributed by atoms with Crippen LogP contribution >= 0.6 is 0 Å². The third kappa shape index (κ3) is 4.88. The van der Waals surface area contributed by atoms with Gasteiger partial charge in [-0.15, -0.1) is 0 Å². The zero-order valence-electron chi connectivity index (χ0n) is 21.4. The van der Waals surface area contributed by atoms with Crippen molar-refractivity contribution in [2.45, 2.75) is 26.8 Å². The number of sulfone groups is 1. The molecule has 36 heavy (non-hydrogen) atoms. The average Bonchev–Trinajstić information content (AvgIpc) is 3.08. The highest BCUT2D eigenvalue weighted by Crippen LogP contribution is 2.32. The van der Waals surface area contributed by atoms with Gasteiger partial charge in [0.2, 0.25) is 0 Å². The van der Waals surface area contributed by atoms with Crippen molar-refractivity contribution in [3.05, 3.63) is 75.8 Å². The molecule has 9 heteroatoms. The van der Waals surface area contributed by atoms with E-state index < -0.39 is 15.9 Å². The van der Waals surface area contributed by atoms with Gasteiger partial charge in [0.05, 0.1) is 42.2 Å². The fraction of sp³-hybridized carbons (Fsp3) is 0.333. The van der Waals surface area contributed by atoms with Crippen LogP contribution in [0, 0.1) is 13.8 Å². The number of aryl methyl sites for hydroxylation is 3. The van der Waals surface area contributed by atoms with Crippen LogP contribution in [0.1, 0.15) is 29.8 Å². The number of benzene rings is 2. The standard InChI is InChI=1S/C27H31N3O5S/c1-7-35-26-25(34-5)13-11-21(28-26)24(16-36(6,32)33)30-22-12-10-19(15-23(22)29(4)27(30)31)20-14-17(2)8-9-18(20)3/h8-15,24H,7,16H2,1-6H3/t24-/m1/s1. The summed E-state index contributed by atoms with van der Waals surface area (Å²) in [6.45, 7) is 6.28. The predicted molar refractivity (Wildman–Crippen MR) is 142 cm³/mol. The molecule has 4 aromatic rings. The van der Waals surface area contributed by atoms with E-state index in [2.05, 4.69) is 30.1 Å². The van der Waals surface area contributed by atoms with Crippen LogP contribution in [-0.4, -0.2) is 48.3 Å². The smallest absolute Gasteiger partial charge is 0.329 e. The van der Waals surface area contributed by atoms with Crippen LogP contribution in [0.25, 0.3) is 22.2 Å². The lowest BCUT2D eigenvalue weighted by Gasteiger charge is -2.19. The van der Waals surface area contributed by atoms with E-state index in [0.29, 0.717) is 29.1 Å². The number of pyridine rings is 1. The molecule has 0 spiro atoms. The maximum atomic E-state index is 13.5. The molecule has 8 nitrogen and oxygen atoms in total. The zero-order valence-corrected chi connectivity index (χ0v) is 22.2. The molecule has 0 unspecified atom stereocenters. The SMILES string of the molecule is CCOc1nc([C@@H](CS(C)(=O)=O)n2c(=O)n(C)c3cc(-c4cc(C)ccc4C)ccc32)ccc1OC. The minimum atomic E-state index is -3.48. The minimum Gasteiger partial charge on any atom is -0.491 e. The summed E-state index contributed by atoms with van der Waals surface area (Å²) in [6, 6.07) is 14.6. The lowest BCUT2D eigenvalue weighted by Crippen LogP contribution is -2.31. The van der Waals surface area contributed by atoms with E-state index in [1.54, 1.807) is 23.7 Å². The van der Waals surface area contributed by atoms with Crippen LogP contribution in [0.4, 0.5) is 0 Å². The van der Waals surface area contributed by atoms with E-state index in [9.17, 15) is 13.2 Å². The number of hydrogen-bond donors (Lipinski definition) is 0. The molecule has 2 aromatic carbocycles. The highest BCUT2D eigenvalue weighted by Gasteiger charge is 2.27. The molecular weight excluding hydrogens is 478 g/mol. The van der Waals surface area contributed by atoms with Crippen molar-refractivity contribution in [1.29, 1.82) is 0 Å². The molecule has 190 valence electrons. The van der Waals surface area contributed by atoms with Crippen LogP contribution < -0.4 is 15.2 Å². The van der Waals surface area contributed by atoms with Gasteiger partial charge < -0.3 is 9.47 Å². The van der Waals surface area contributed by atoms with Gasteiger partial charge in [0.1, 0.15) is 9.84 Å². The van der Waals surface area contributed by atoms with Crippen molar-refractivity contribution < 1.29 is 17.9 Å². The van der Waals surface area contributed by atoms with Crippen LogP contribution in [-0.2, 0) is 16.9 Å². The second kappa shape index (κ2) is 9.81. The molecule has 0 N–H and O–H groups in total. The number of aromatic nitrogens is 3. The average molecular weight is 510 g/mol. The summed E-state index contributed by atoms with van der Waals surface area (Å²) in [5.74, 6) is 0.388. The Balaban J connectivity index is 1.94. The number of fused-ring (bicyclic) bond motifs is 1. The van der Waals surface area contributed by atoms with Gasteiger partial charge in [0.25, 0.3) is 5.88 Å². The Hall–Kier alpha value is -3.59. The van der Waals surface area contributed by atoms with Crippen molar-refractivity contribution in [2.75, 3.05) is 25.7 Å². The molecular formula is C27H31N3O5S. The zero-order chi connectivity index (χ0) is 26.2. The van der Waals surface area contributed by atoms with Crippen molar-refractivity contribution in [1.82, 2.24) is 14.1 Å². The summed E-state index contributed by atoms with van der Waals surface area (Å²) < 4.78 is 39.0. The Kier molecular flexibility index (Phi) is 6.95. The Bertz CT molecular complexity index is 1600. The Morgan fingerprint density at radius 2 is 1.78 bits per heavy atom. The largest absolute Gasteiger partial charge is 0.491 e. The van der Waals surface area contributed by atoms with E-state index in [-0.39, 0.29) is 17.3 Å². The highest BCUT2D eigenvalue weighted by atomic mass is 32.2. The fourth-order valence-electron chi connectivity index (χ4n) is 4.48. The van der Waals surface area contributed by atoms with E-state index in [1.165, 1.54) is 11.7 Å². The van der Waals surface area contributed by atoms with Crippen LogP contribution in [0.2, 0.25) is 0 Å². The summed E-state index contributed by atoms with van der Waals surface area (Å²) in [6.07, 6.45) is 1.15. The first-order chi connectivity index (χ1) is 17.0. The summed E-state index contributed by atoms with van der Waals surface area (Å²) in [7, 11) is -0.276. The van der Waals surface area contributed by atoms with Gasteiger partial charge in [-0.05, 0) is 61.7 Å². The maximum absolute atomic E-state index is 13.5. The molecule has 0 fully saturated rings. The van der Waals surface area contributed by atoms with Crippen molar-refractivity contribution in [3.63, 3.8) is 0 Å². The lowest BCUT2D eigenvalue weighted by atomic mass is 9.98. The molecule has 4 rings (SSSR count). The topological polar surface area (TPSA) is 92.4 Å². The third-order valence-electron chi connectivity index (χ3n) is 6.25. The molecule has 2 aromatic heterocycles. The Morgan fingerprint density at radius 1 is 1.03 bits per heavy atom. The normalized spacial score (nSPS) is 12.6. The van der Waals surface area contributed by atoms with Gasteiger partial charge in [-0.3, -0.25) is 9.13 Å². The molecule has 2 heterocycles. The monoisotopic (exact) mass is 509 g/mol. The molecule has 0 aliphatic carbocycles. The van der Waals surface area contributed by atoms with Gasteiger partial charge in [-0.25, -0.2) is 18.2 Å². The number of nitrogens with zero attached hydrogens (tertiary/aromatic N) is 3. The van der Waals surface area contributed by atoms with Gasteiger partial charge in [-0.1, -0.05) is 29.8 Å². The second-order valence-electron chi connectivity index (χ2n) is 9.02. The van der Waals surface area contributed by atoms with Crippen LogP contribution in [0.5, 0.6) is 11.6 Å². The minimum absolute atomic E-state index is 0.251. The van der Waals surface area contributed by atoms with Gasteiger partial charge in [0.15, 0.2) is 5.75 Å². The van der Waals surface area contributed by atoms with E-state index in [1.807, 2.05) is 32.0 Å². The second-order valence-corrected chi connectivity index (χ2v) is 11.2. The fourth-order valence-corrected chi connectivity index (χ4v) is 5.37. The molecule has 0 radical (unpaired) electrons. The molecule has 0 saturated heterocycles. The first-order valence-electron chi connectivity index (χ1n) is 11.7. The number of ether oxygens (including phenoxy) is 2. The van der Waals surface area contributed by atoms with Crippen molar-refractivity contribution >= 4 is 20.9 Å². The van der Waals surface area contributed by atoms with Crippen molar-refractivity contribution in [2.24, 2.45) is 7.05 Å². The molecule has 0 amide bonds. The molecule has 1 atom stereocenters. The third-order valence-corrected chi connectivity index (χ3v) is 7.18. The lowest BCUT2D eigenvalue weighted by molar-refractivity contribution is 0.296. The van der Waals surface area contributed by atoms with Gasteiger partial charge in [0, 0.05) is 13.3 Å². The summed E-state index contributed by atoms with van der Waals surface area (Å²) >= 11 is 0. The van der Waals surface area contributed by atoms with E-state index >= 15 is 0 Å². The predicted octanol–water partition coefficient (Wildman–Crippen LogP) is 4.06. The quantitative estimate of drug-likeness (QED) is 0.356. The molecule has 0 saturated carbocycles. The summed E-state index contributed by atoms with van der Waals surface area (Å²) in [4.78, 5) is 18.1. The molecule has 0 bridgehead atoms. The highest BCUT2D eigenvalue weighted by molar-refractivity contribution is 7.90. The van der Waals surface area contributed by atoms with Gasteiger partial charge >= 0.3 is 5.69 Å². The van der Waals surface area contributed by atoms with Crippen molar-refractivity contribution in [3.8, 4) is 22.8 Å². The first kappa shape index (κ1) is 25.5. The number of methoxy groups -OCH3 is 1. The molecule has 0 aliphatic rings. The first-order valence-corrected chi connectivity index (χ1v) is 13.7. The van der Waals surface area contributed by atoms with E-state index in [4.69, 9.17) is 9.47 Å². The maximum Gasteiger partial charge on any atom is 0.329 e. The van der Waals surface area contributed by atoms with Crippen LogP contribution in [0.3, 0.4) is 0 Å². The van der Waals surface area contributed by atoms with E-state index in [0.717, 1.165) is 28.5 Å². The van der Waals surface area contributed by atoms with Gasteiger partial charge in [-0.2, -0.15) is 0 Å². The number of hydrogen-bond acceptors (Lipinski definition) is 6. The summed E-state index contributed by atoms with van der Waals surface area (Å²) in [5, 5.41) is 0. The Labute approximate surface area is 211 Å². The number of imidazole rings is 1. The van der Waals surface area contributed by atoms with Crippen LogP contribution in [0.15, 0.2) is 53.3 Å². The Morgan fingerprint density at radius 3 is 2.44 bits per heavy atom.